The Bertz CT molecular complexity index is 590. The molecule has 2 N–H and O–H groups in total. The lowest BCUT2D eigenvalue weighted by molar-refractivity contribution is 0.459. The van der Waals surface area contributed by atoms with Crippen LogP contribution < -0.4 is 5.14 Å². The molecule has 0 bridgehead atoms. The van der Waals surface area contributed by atoms with Crippen LogP contribution in [0.25, 0.3) is 11.1 Å². The molecule has 74 valence electrons. The number of aromatic nitrogens is 1. The van der Waals surface area contributed by atoms with Crippen LogP contribution in [0, 0.1) is 3.57 Å². The van der Waals surface area contributed by atoms with E-state index in [1.165, 1.54) is 0 Å². The summed E-state index contributed by atoms with van der Waals surface area (Å²) in [6.45, 7) is 0. The Morgan fingerprint density at radius 1 is 1.43 bits per heavy atom. The summed E-state index contributed by atoms with van der Waals surface area (Å²) in [5, 5.41) is 4.42. The number of halogens is 1. The first kappa shape index (κ1) is 9.87. The van der Waals surface area contributed by atoms with Crippen molar-refractivity contribution in [2.24, 2.45) is 5.14 Å². The van der Waals surface area contributed by atoms with Gasteiger partial charge in [0.2, 0.25) is 0 Å². The molecule has 0 atom stereocenters. The Hall–Kier alpha value is -0.670. The molecule has 0 saturated carbocycles. The number of nitrogens with zero attached hydrogens (tertiary/aromatic N) is 1. The number of oxazole rings is 1. The van der Waals surface area contributed by atoms with E-state index in [1.807, 2.05) is 0 Å². The maximum absolute atomic E-state index is 10.9. The Balaban J connectivity index is 2.75. The summed E-state index contributed by atoms with van der Waals surface area (Å²) in [4.78, 5) is 3.76. The van der Waals surface area contributed by atoms with E-state index in [0.717, 1.165) is 3.57 Å². The van der Waals surface area contributed by atoms with Crippen LogP contribution in [-0.4, -0.2) is 13.4 Å². The molecule has 0 aliphatic rings. The summed E-state index contributed by atoms with van der Waals surface area (Å²) in [6.07, 6.45) is 0. The molecule has 1 aromatic carbocycles. The second-order valence-electron chi connectivity index (χ2n) is 2.64. The zero-order valence-electron chi connectivity index (χ0n) is 6.77. The summed E-state index contributed by atoms with van der Waals surface area (Å²) >= 11 is 2.10. The average molecular weight is 324 g/mol. The summed E-state index contributed by atoms with van der Waals surface area (Å²) in [7, 11) is -3.86. The normalized spacial score (nSPS) is 12.1. The lowest BCUT2D eigenvalue weighted by Crippen LogP contribution is -2.12. The van der Waals surface area contributed by atoms with Gasteiger partial charge in [-0.3, -0.25) is 0 Å². The van der Waals surface area contributed by atoms with Gasteiger partial charge in [0.25, 0.3) is 10.0 Å². The summed E-state index contributed by atoms with van der Waals surface area (Å²) in [5.41, 5.74) is 0.898. The van der Waals surface area contributed by atoms with E-state index in [1.54, 1.807) is 18.2 Å². The van der Waals surface area contributed by atoms with Crippen molar-refractivity contribution in [1.29, 1.82) is 0 Å². The lowest BCUT2D eigenvalue weighted by Gasteiger charge is -1.86. The van der Waals surface area contributed by atoms with Crippen LogP contribution >= 0.6 is 22.6 Å². The highest BCUT2D eigenvalue weighted by molar-refractivity contribution is 14.1. The van der Waals surface area contributed by atoms with Gasteiger partial charge in [0.05, 0.1) is 0 Å². The van der Waals surface area contributed by atoms with Crippen molar-refractivity contribution >= 4 is 43.7 Å². The fraction of sp³-hybridized carbons (Fsp3) is 0. The third kappa shape index (κ3) is 1.74. The molecular weight excluding hydrogens is 319 g/mol. The fourth-order valence-electron chi connectivity index (χ4n) is 1.00. The van der Waals surface area contributed by atoms with Crippen molar-refractivity contribution < 1.29 is 12.8 Å². The van der Waals surface area contributed by atoms with Crippen molar-refractivity contribution in [1.82, 2.24) is 4.98 Å². The van der Waals surface area contributed by atoms with Gasteiger partial charge in [-0.1, -0.05) is 0 Å². The minimum Gasteiger partial charge on any atom is -0.427 e. The largest absolute Gasteiger partial charge is 0.427 e. The van der Waals surface area contributed by atoms with Gasteiger partial charge in [-0.15, -0.1) is 0 Å². The molecule has 0 unspecified atom stereocenters. The van der Waals surface area contributed by atoms with Crippen LogP contribution in [0.5, 0.6) is 0 Å². The first-order chi connectivity index (χ1) is 6.47. The van der Waals surface area contributed by atoms with Crippen LogP contribution in [0.15, 0.2) is 27.8 Å². The predicted molar refractivity (Wildman–Crippen MR) is 58.1 cm³/mol. The molecule has 1 aromatic heterocycles. The molecule has 7 heteroatoms. The molecule has 0 amide bonds. The van der Waals surface area contributed by atoms with Crippen molar-refractivity contribution in [3.8, 4) is 0 Å². The molecule has 2 rings (SSSR count). The molecule has 0 spiro atoms. The van der Waals surface area contributed by atoms with Crippen molar-refractivity contribution in [2.75, 3.05) is 0 Å². The van der Waals surface area contributed by atoms with Crippen molar-refractivity contribution in [3.63, 3.8) is 0 Å². The molecule has 0 fully saturated rings. The molecule has 0 aliphatic carbocycles. The summed E-state index contributed by atoms with van der Waals surface area (Å²) in [6, 6.07) is 5.16. The molecule has 0 aliphatic heterocycles. The monoisotopic (exact) mass is 324 g/mol. The Labute approximate surface area is 93.5 Å². The van der Waals surface area contributed by atoms with Gasteiger partial charge in [0.15, 0.2) is 5.58 Å². The van der Waals surface area contributed by atoms with E-state index >= 15 is 0 Å². The van der Waals surface area contributed by atoms with Gasteiger partial charge in [-0.25, -0.2) is 13.6 Å². The first-order valence-electron chi connectivity index (χ1n) is 3.56. The van der Waals surface area contributed by atoms with E-state index < -0.39 is 15.2 Å². The van der Waals surface area contributed by atoms with Gasteiger partial charge >= 0.3 is 5.22 Å². The number of fused-ring (bicyclic) bond motifs is 1. The average Bonchev–Trinajstić information content (AvgIpc) is 2.45. The number of sulfonamides is 1. The second-order valence-corrected chi connectivity index (χ2v) is 5.32. The summed E-state index contributed by atoms with van der Waals surface area (Å²) in [5.74, 6) is 0. The maximum atomic E-state index is 10.9. The van der Waals surface area contributed by atoms with Gasteiger partial charge < -0.3 is 4.42 Å². The Kier molecular flexibility index (Phi) is 2.24. The molecule has 0 radical (unpaired) electrons. The van der Waals surface area contributed by atoms with Crippen LogP contribution in [-0.2, 0) is 10.0 Å². The third-order valence-corrected chi connectivity index (χ3v) is 2.91. The predicted octanol–water partition coefficient (Wildman–Crippen LogP) is 1.08. The van der Waals surface area contributed by atoms with E-state index in [0.29, 0.717) is 11.1 Å². The zero-order chi connectivity index (χ0) is 10.3. The second kappa shape index (κ2) is 3.17. The van der Waals surface area contributed by atoms with E-state index in [9.17, 15) is 8.42 Å². The Morgan fingerprint density at radius 2 is 2.14 bits per heavy atom. The highest BCUT2D eigenvalue weighted by Gasteiger charge is 2.16. The minimum absolute atomic E-state index is 0.412. The number of hydrogen-bond donors (Lipinski definition) is 1. The third-order valence-electron chi connectivity index (χ3n) is 1.57. The van der Waals surface area contributed by atoms with Gasteiger partial charge in [-0.2, -0.15) is 4.98 Å². The molecule has 0 saturated heterocycles. The highest BCUT2D eigenvalue weighted by atomic mass is 127. The van der Waals surface area contributed by atoms with Gasteiger partial charge in [0, 0.05) is 3.57 Å². The molecular formula is C7H5IN2O3S. The van der Waals surface area contributed by atoms with Crippen LogP contribution in [0.3, 0.4) is 0 Å². The standard InChI is InChI=1S/C7H5IN2O3S/c8-4-1-2-6-5(3-4)10-7(13-6)14(9,11)12/h1-3H,(H2,9,11,12). The number of hydrogen-bond acceptors (Lipinski definition) is 4. The van der Waals surface area contributed by atoms with E-state index in [-0.39, 0.29) is 0 Å². The number of rotatable bonds is 1. The zero-order valence-corrected chi connectivity index (χ0v) is 9.74. The highest BCUT2D eigenvalue weighted by Crippen LogP contribution is 2.19. The molecule has 1 heterocycles. The molecule has 2 aromatic rings. The van der Waals surface area contributed by atoms with Crippen LogP contribution in [0.4, 0.5) is 0 Å². The number of nitrogens with two attached hydrogens (primary N) is 1. The topological polar surface area (TPSA) is 86.2 Å². The van der Waals surface area contributed by atoms with E-state index in [4.69, 9.17) is 9.56 Å². The molecule has 5 nitrogen and oxygen atoms in total. The van der Waals surface area contributed by atoms with Crippen LogP contribution in [0.1, 0.15) is 0 Å². The van der Waals surface area contributed by atoms with Crippen molar-refractivity contribution in [3.05, 3.63) is 21.8 Å². The maximum Gasteiger partial charge on any atom is 0.331 e. The fourth-order valence-corrected chi connectivity index (χ4v) is 1.91. The van der Waals surface area contributed by atoms with Crippen LogP contribution in [0.2, 0.25) is 0 Å². The van der Waals surface area contributed by atoms with Crippen molar-refractivity contribution in [2.45, 2.75) is 5.22 Å². The number of benzene rings is 1. The quantitative estimate of drug-likeness (QED) is 0.796. The Morgan fingerprint density at radius 3 is 2.79 bits per heavy atom. The summed E-state index contributed by atoms with van der Waals surface area (Å²) < 4.78 is 27.7. The SMILES string of the molecule is NS(=O)(=O)c1nc2cc(I)ccc2o1. The lowest BCUT2D eigenvalue weighted by atomic mass is 10.3. The number of primary sulfonamides is 1. The van der Waals surface area contributed by atoms with Gasteiger partial charge in [0.1, 0.15) is 5.52 Å². The van der Waals surface area contributed by atoms with E-state index in [2.05, 4.69) is 27.6 Å². The minimum atomic E-state index is -3.86. The molecule has 14 heavy (non-hydrogen) atoms. The van der Waals surface area contributed by atoms with Gasteiger partial charge in [-0.05, 0) is 40.8 Å². The smallest absolute Gasteiger partial charge is 0.331 e. The first-order valence-corrected chi connectivity index (χ1v) is 6.18.